The third-order valence-corrected chi connectivity index (χ3v) is 5.85. The van der Waals surface area contributed by atoms with Crippen LogP contribution in [-0.4, -0.2) is 86.7 Å². The number of nitrogens with zero attached hydrogens (tertiary/aromatic N) is 7. The number of piperidine rings is 1. The van der Waals surface area contributed by atoms with Gasteiger partial charge in [-0.3, -0.25) is 9.36 Å². The van der Waals surface area contributed by atoms with Crippen molar-refractivity contribution in [3.63, 3.8) is 0 Å². The van der Waals surface area contributed by atoms with Gasteiger partial charge in [0, 0.05) is 63.8 Å². The molecule has 166 valence electrons. The fraction of sp³-hybridized carbons (Fsp3) is 0.571. The van der Waals surface area contributed by atoms with Gasteiger partial charge in [-0.15, -0.1) is 0 Å². The van der Waals surface area contributed by atoms with Crippen molar-refractivity contribution in [2.24, 2.45) is 0 Å². The SMILES string of the molecule is CCOC(=O)N1CCN(C(=O)CC2CCCCN2c2ccnc(-n3ccnc3)n2)CC1. The summed E-state index contributed by atoms with van der Waals surface area (Å²) in [5.41, 5.74) is 0. The average molecular weight is 428 g/mol. The Morgan fingerprint density at radius 2 is 1.90 bits per heavy atom. The first-order chi connectivity index (χ1) is 15.2. The third kappa shape index (κ3) is 4.95. The van der Waals surface area contributed by atoms with E-state index in [0.29, 0.717) is 45.2 Å². The number of piperazine rings is 1. The fourth-order valence-electron chi connectivity index (χ4n) is 4.20. The Labute approximate surface area is 181 Å². The van der Waals surface area contributed by atoms with E-state index < -0.39 is 0 Å². The summed E-state index contributed by atoms with van der Waals surface area (Å²) in [7, 11) is 0. The highest BCUT2D eigenvalue weighted by Gasteiger charge is 2.30. The average Bonchev–Trinajstić information content (AvgIpc) is 3.35. The highest BCUT2D eigenvalue weighted by Crippen LogP contribution is 2.26. The van der Waals surface area contributed by atoms with Gasteiger partial charge in [0.25, 0.3) is 0 Å². The predicted octanol–water partition coefficient (Wildman–Crippen LogP) is 1.71. The van der Waals surface area contributed by atoms with Crippen LogP contribution in [0.25, 0.3) is 5.95 Å². The lowest BCUT2D eigenvalue weighted by molar-refractivity contribution is -0.133. The minimum absolute atomic E-state index is 0.106. The van der Waals surface area contributed by atoms with E-state index in [1.54, 1.807) is 35.1 Å². The normalized spacial score (nSPS) is 19.4. The van der Waals surface area contributed by atoms with Gasteiger partial charge in [-0.2, -0.15) is 4.98 Å². The maximum atomic E-state index is 13.0. The van der Waals surface area contributed by atoms with Gasteiger partial charge in [0.15, 0.2) is 0 Å². The fourth-order valence-corrected chi connectivity index (χ4v) is 4.20. The number of anilines is 1. The molecule has 10 heteroatoms. The number of carbonyl (C=O) groups excluding carboxylic acids is 2. The minimum Gasteiger partial charge on any atom is -0.450 e. The molecule has 31 heavy (non-hydrogen) atoms. The molecule has 0 radical (unpaired) electrons. The monoisotopic (exact) mass is 427 g/mol. The molecule has 4 rings (SSSR count). The molecule has 2 aromatic heterocycles. The zero-order valence-electron chi connectivity index (χ0n) is 17.9. The molecule has 0 N–H and O–H groups in total. The van der Waals surface area contributed by atoms with Crippen LogP contribution in [0, 0.1) is 0 Å². The molecule has 10 nitrogen and oxygen atoms in total. The highest BCUT2D eigenvalue weighted by molar-refractivity contribution is 5.78. The zero-order valence-corrected chi connectivity index (χ0v) is 17.9. The van der Waals surface area contributed by atoms with E-state index in [9.17, 15) is 9.59 Å². The molecule has 0 saturated carbocycles. The number of imidazole rings is 1. The number of ether oxygens (including phenoxy) is 1. The topological polar surface area (TPSA) is 96.7 Å². The molecule has 2 aromatic rings. The second-order valence-corrected chi connectivity index (χ2v) is 7.80. The van der Waals surface area contributed by atoms with Crippen LogP contribution >= 0.6 is 0 Å². The van der Waals surface area contributed by atoms with Crippen LogP contribution in [0.1, 0.15) is 32.6 Å². The Morgan fingerprint density at radius 3 is 2.65 bits per heavy atom. The second-order valence-electron chi connectivity index (χ2n) is 7.80. The Kier molecular flexibility index (Phi) is 6.63. The summed E-state index contributed by atoms with van der Waals surface area (Å²) in [5.74, 6) is 1.54. The van der Waals surface area contributed by atoms with Gasteiger partial charge in [0.1, 0.15) is 12.1 Å². The molecule has 0 bridgehead atoms. The van der Waals surface area contributed by atoms with Gasteiger partial charge >= 0.3 is 6.09 Å². The van der Waals surface area contributed by atoms with E-state index in [1.807, 2.05) is 17.2 Å². The van der Waals surface area contributed by atoms with Crippen molar-refractivity contribution >= 4 is 17.8 Å². The van der Waals surface area contributed by atoms with Crippen LogP contribution in [0.3, 0.4) is 0 Å². The van der Waals surface area contributed by atoms with Crippen LogP contribution in [-0.2, 0) is 9.53 Å². The van der Waals surface area contributed by atoms with Crippen LogP contribution in [0.4, 0.5) is 10.6 Å². The molecule has 0 aliphatic carbocycles. The summed E-state index contributed by atoms with van der Waals surface area (Å²) in [6.45, 7) is 5.14. The minimum atomic E-state index is -0.300. The van der Waals surface area contributed by atoms with Crippen molar-refractivity contribution < 1.29 is 14.3 Å². The quantitative estimate of drug-likeness (QED) is 0.717. The molecule has 4 heterocycles. The zero-order chi connectivity index (χ0) is 21.6. The van der Waals surface area contributed by atoms with E-state index in [0.717, 1.165) is 31.6 Å². The summed E-state index contributed by atoms with van der Waals surface area (Å²) >= 11 is 0. The van der Waals surface area contributed by atoms with E-state index in [2.05, 4.69) is 14.9 Å². The highest BCUT2D eigenvalue weighted by atomic mass is 16.6. The molecule has 2 fully saturated rings. The van der Waals surface area contributed by atoms with Gasteiger partial charge in [0.05, 0.1) is 6.61 Å². The molecule has 2 aliphatic heterocycles. The molecule has 1 atom stereocenters. The Balaban J connectivity index is 1.39. The smallest absolute Gasteiger partial charge is 0.409 e. The first-order valence-corrected chi connectivity index (χ1v) is 10.9. The number of rotatable bonds is 5. The molecular formula is C21H29N7O3. The lowest BCUT2D eigenvalue weighted by Gasteiger charge is -2.39. The van der Waals surface area contributed by atoms with Gasteiger partial charge in [-0.25, -0.2) is 14.8 Å². The number of aromatic nitrogens is 4. The largest absolute Gasteiger partial charge is 0.450 e. The first kappa shape index (κ1) is 21.1. The molecule has 2 amide bonds. The summed E-state index contributed by atoms with van der Waals surface area (Å²) < 4.78 is 6.83. The van der Waals surface area contributed by atoms with Gasteiger partial charge in [0.2, 0.25) is 11.9 Å². The maximum Gasteiger partial charge on any atom is 0.409 e. The van der Waals surface area contributed by atoms with Crippen LogP contribution in [0.5, 0.6) is 0 Å². The molecule has 2 saturated heterocycles. The summed E-state index contributed by atoms with van der Waals surface area (Å²) in [5, 5.41) is 0. The predicted molar refractivity (Wildman–Crippen MR) is 114 cm³/mol. The van der Waals surface area contributed by atoms with E-state index in [4.69, 9.17) is 9.72 Å². The van der Waals surface area contributed by atoms with Crippen LogP contribution in [0.15, 0.2) is 31.0 Å². The van der Waals surface area contributed by atoms with Crippen molar-refractivity contribution in [2.45, 2.75) is 38.6 Å². The molecule has 2 aliphatic rings. The summed E-state index contributed by atoms with van der Waals surface area (Å²) in [4.78, 5) is 43.8. The van der Waals surface area contributed by atoms with E-state index in [-0.39, 0.29) is 18.0 Å². The molecule has 0 spiro atoms. The summed E-state index contributed by atoms with van der Waals surface area (Å²) in [6.07, 6.45) is 10.2. The summed E-state index contributed by atoms with van der Waals surface area (Å²) in [6, 6.07) is 2.01. The lowest BCUT2D eigenvalue weighted by atomic mass is 9.98. The van der Waals surface area contributed by atoms with Crippen molar-refractivity contribution in [3.05, 3.63) is 31.0 Å². The van der Waals surface area contributed by atoms with Crippen molar-refractivity contribution in [1.29, 1.82) is 0 Å². The van der Waals surface area contributed by atoms with Gasteiger partial charge in [-0.05, 0) is 32.3 Å². The van der Waals surface area contributed by atoms with Crippen LogP contribution in [0.2, 0.25) is 0 Å². The Morgan fingerprint density at radius 1 is 1.10 bits per heavy atom. The number of carbonyl (C=O) groups is 2. The number of hydrogen-bond acceptors (Lipinski definition) is 7. The van der Waals surface area contributed by atoms with Crippen molar-refractivity contribution in [1.82, 2.24) is 29.3 Å². The van der Waals surface area contributed by atoms with Crippen LogP contribution < -0.4 is 4.90 Å². The third-order valence-electron chi connectivity index (χ3n) is 5.85. The van der Waals surface area contributed by atoms with E-state index >= 15 is 0 Å². The first-order valence-electron chi connectivity index (χ1n) is 10.9. The van der Waals surface area contributed by atoms with E-state index in [1.165, 1.54) is 0 Å². The van der Waals surface area contributed by atoms with Crippen molar-refractivity contribution in [3.8, 4) is 5.95 Å². The molecular weight excluding hydrogens is 398 g/mol. The number of amides is 2. The standard InChI is InChI=1S/C21H29N7O3/c1-2-31-21(30)26-13-11-25(12-14-26)19(29)15-17-5-3-4-9-28(17)18-6-7-23-20(24-18)27-10-8-22-16-27/h6-8,10,16-17H,2-5,9,11-15H2,1H3. The second kappa shape index (κ2) is 9.76. The Hall–Kier alpha value is -3.17. The van der Waals surface area contributed by atoms with Gasteiger partial charge < -0.3 is 19.4 Å². The molecule has 0 aromatic carbocycles. The van der Waals surface area contributed by atoms with Crippen molar-refractivity contribution in [2.75, 3.05) is 44.2 Å². The number of hydrogen-bond donors (Lipinski definition) is 0. The maximum absolute atomic E-state index is 13.0. The lowest BCUT2D eigenvalue weighted by Crippen LogP contribution is -2.52. The molecule has 1 unspecified atom stereocenters. The Bertz CT molecular complexity index is 881. The van der Waals surface area contributed by atoms with Gasteiger partial charge in [-0.1, -0.05) is 0 Å².